The first kappa shape index (κ1) is 9.30. The van der Waals surface area contributed by atoms with Crippen LogP contribution in [0.3, 0.4) is 0 Å². The summed E-state index contributed by atoms with van der Waals surface area (Å²) >= 11 is 0. The second-order valence-electron chi connectivity index (χ2n) is 3.81. The fourth-order valence-electron chi connectivity index (χ4n) is 1.60. The van der Waals surface area contributed by atoms with Crippen molar-refractivity contribution >= 4 is 5.97 Å². The third kappa shape index (κ3) is 2.10. The van der Waals surface area contributed by atoms with Crippen molar-refractivity contribution in [1.29, 1.82) is 0 Å². The van der Waals surface area contributed by atoms with Crippen LogP contribution in [0.2, 0.25) is 0 Å². The molecule has 0 bridgehead atoms. The molecule has 68 valence electrons. The molecule has 2 atom stereocenters. The summed E-state index contributed by atoms with van der Waals surface area (Å²) in [6.45, 7) is 4.35. The van der Waals surface area contributed by atoms with E-state index in [-0.39, 0.29) is 5.92 Å². The molecule has 0 aromatic heterocycles. The molecule has 2 heteroatoms. The Balaban J connectivity index is 2.53. The van der Waals surface area contributed by atoms with Gasteiger partial charge in [0.05, 0.1) is 5.92 Å². The van der Waals surface area contributed by atoms with Gasteiger partial charge in [0.15, 0.2) is 0 Å². The zero-order valence-electron chi connectivity index (χ0n) is 7.66. The van der Waals surface area contributed by atoms with Crippen molar-refractivity contribution in [2.45, 2.75) is 26.7 Å². The molecule has 0 heterocycles. The van der Waals surface area contributed by atoms with Crippen molar-refractivity contribution in [2.24, 2.45) is 17.8 Å². The van der Waals surface area contributed by atoms with Gasteiger partial charge in [0.1, 0.15) is 0 Å². The van der Waals surface area contributed by atoms with Crippen molar-refractivity contribution in [3.8, 4) is 0 Å². The topological polar surface area (TPSA) is 37.3 Å². The van der Waals surface area contributed by atoms with Crippen LogP contribution in [-0.4, -0.2) is 11.1 Å². The third-order valence-electron chi connectivity index (χ3n) is 2.58. The Morgan fingerprint density at radius 1 is 1.42 bits per heavy atom. The molecule has 0 saturated heterocycles. The van der Waals surface area contributed by atoms with E-state index in [1.54, 1.807) is 0 Å². The van der Waals surface area contributed by atoms with E-state index in [4.69, 9.17) is 5.11 Å². The molecule has 2 nitrogen and oxygen atoms in total. The lowest BCUT2D eigenvalue weighted by Crippen LogP contribution is -2.18. The number of aliphatic carboxylic acids is 1. The zero-order chi connectivity index (χ0) is 9.14. The first-order valence-electron chi connectivity index (χ1n) is 4.52. The average molecular weight is 168 g/mol. The van der Waals surface area contributed by atoms with Crippen LogP contribution in [0, 0.1) is 17.8 Å². The van der Waals surface area contributed by atoms with Gasteiger partial charge in [-0.25, -0.2) is 0 Å². The standard InChI is InChI=1S/C10H16O2/c1-7(2)8-3-5-9(6-4-8)10(11)12/h3,5,7-9H,4,6H2,1-2H3,(H,11,12)/t8-,9+/m1/s1. The van der Waals surface area contributed by atoms with Crippen molar-refractivity contribution in [3.63, 3.8) is 0 Å². The Morgan fingerprint density at radius 2 is 2.08 bits per heavy atom. The molecule has 0 spiro atoms. The summed E-state index contributed by atoms with van der Waals surface area (Å²) in [4.78, 5) is 10.6. The number of carbonyl (C=O) groups is 1. The second kappa shape index (κ2) is 3.74. The molecule has 0 fully saturated rings. The van der Waals surface area contributed by atoms with E-state index in [0.717, 1.165) is 12.8 Å². The van der Waals surface area contributed by atoms with Crippen molar-refractivity contribution in [2.75, 3.05) is 0 Å². The minimum absolute atomic E-state index is 0.236. The van der Waals surface area contributed by atoms with Crippen LogP contribution >= 0.6 is 0 Å². The predicted molar refractivity (Wildman–Crippen MR) is 47.8 cm³/mol. The maximum Gasteiger partial charge on any atom is 0.310 e. The Bertz CT molecular complexity index is 194. The summed E-state index contributed by atoms with van der Waals surface area (Å²) in [6, 6.07) is 0. The average Bonchev–Trinajstić information content (AvgIpc) is 2.04. The molecule has 1 rings (SSSR count). The van der Waals surface area contributed by atoms with Crippen LogP contribution in [0.4, 0.5) is 0 Å². The summed E-state index contributed by atoms with van der Waals surface area (Å²) in [5.41, 5.74) is 0. The highest BCUT2D eigenvalue weighted by Crippen LogP contribution is 2.27. The predicted octanol–water partition coefficient (Wildman–Crippen LogP) is 2.31. The zero-order valence-corrected chi connectivity index (χ0v) is 7.66. The smallest absolute Gasteiger partial charge is 0.310 e. The summed E-state index contributed by atoms with van der Waals surface area (Å²) in [7, 11) is 0. The highest BCUT2D eigenvalue weighted by Gasteiger charge is 2.22. The molecule has 0 amide bonds. The van der Waals surface area contributed by atoms with E-state index < -0.39 is 5.97 Å². The summed E-state index contributed by atoms with van der Waals surface area (Å²) in [5.74, 6) is 0.296. The van der Waals surface area contributed by atoms with Gasteiger partial charge in [-0.05, 0) is 24.7 Å². The number of carboxylic acid groups (broad SMARTS) is 1. The molecular formula is C10H16O2. The highest BCUT2D eigenvalue weighted by molar-refractivity contribution is 5.72. The molecule has 0 radical (unpaired) electrons. The molecule has 0 unspecified atom stereocenters. The molecule has 0 aliphatic heterocycles. The first-order valence-corrected chi connectivity index (χ1v) is 4.52. The van der Waals surface area contributed by atoms with E-state index in [9.17, 15) is 4.79 Å². The SMILES string of the molecule is CC(C)[C@@H]1C=C[C@H](C(=O)O)CC1. The van der Waals surface area contributed by atoms with Crippen LogP contribution in [0.5, 0.6) is 0 Å². The summed E-state index contributed by atoms with van der Waals surface area (Å²) in [5, 5.41) is 8.71. The quantitative estimate of drug-likeness (QED) is 0.642. The van der Waals surface area contributed by atoms with Gasteiger partial charge in [0.2, 0.25) is 0 Å². The van der Waals surface area contributed by atoms with E-state index in [1.165, 1.54) is 0 Å². The fraction of sp³-hybridized carbons (Fsp3) is 0.700. The number of rotatable bonds is 2. The Morgan fingerprint density at radius 3 is 2.42 bits per heavy atom. The van der Waals surface area contributed by atoms with E-state index in [0.29, 0.717) is 11.8 Å². The largest absolute Gasteiger partial charge is 0.481 e. The number of allylic oxidation sites excluding steroid dienone is 1. The monoisotopic (exact) mass is 168 g/mol. The molecule has 1 N–H and O–H groups in total. The third-order valence-corrected chi connectivity index (χ3v) is 2.58. The summed E-state index contributed by atoms with van der Waals surface area (Å²) in [6.07, 6.45) is 5.73. The van der Waals surface area contributed by atoms with Gasteiger partial charge >= 0.3 is 5.97 Å². The molecule has 0 aromatic carbocycles. The van der Waals surface area contributed by atoms with Crippen LogP contribution in [-0.2, 0) is 4.79 Å². The normalized spacial score (nSPS) is 29.2. The van der Waals surface area contributed by atoms with Gasteiger partial charge in [-0.3, -0.25) is 4.79 Å². The van der Waals surface area contributed by atoms with Crippen molar-refractivity contribution in [1.82, 2.24) is 0 Å². The van der Waals surface area contributed by atoms with Gasteiger partial charge in [-0.1, -0.05) is 26.0 Å². The number of hydrogen-bond donors (Lipinski definition) is 1. The van der Waals surface area contributed by atoms with Gasteiger partial charge in [-0.15, -0.1) is 0 Å². The van der Waals surface area contributed by atoms with Crippen LogP contribution in [0.1, 0.15) is 26.7 Å². The molecule has 1 aliphatic rings. The molecule has 1 aliphatic carbocycles. The Kier molecular flexibility index (Phi) is 2.90. The van der Waals surface area contributed by atoms with Gasteiger partial charge in [-0.2, -0.15) is 0 Å². The van der Waals surface area contributed by atoms with Gasteiger partial charge < -0.3 is 5.11 Å². The number of hydrogen-bond acceptors (Lipinski definition) is 1. The maximum atomic E-state index is 10.6. The Labute approximate surface area is 73.3 Å². The lowest BCUT2D eigenvalue weighted by molar-refractivity contribution is -0.140. The molecule has 0 saturated carbocycles. The lowest BCUT2D eigenvalue weighted by Gasteiger charge is -2.23. The van der Waals surface area contributed by atoms with E-state index in [1.807, 2.05) is 6.08 Å². The molecule has 12 heavy (non-hydrogen) atoms. The highest BCUT2D eigenvalue weighted by atomic mass is 16.4. The fourth-order valence-corrected chi connectivity index (χ4v) is 1.60. The van der Waals surface area contributed by atoms with Crippen molar-refractivity contribution in [3.05, 3.63) is 12.2 Å². The van der Waals surface area contributed by atoms with Crippen LogP contribution < -0.4 is 0 Å². The first-order chi connectivity index (χ1) is 5.61. The van der Waals surface area contributed by atoms with Crippen molar-refractivity contribution < 1.29 is 9.90 Å². The van der Waals surface area contributed by atoms with Crippen LogP contribution in [0.25, 0.3) is 0 Å². The second-order valence-corrected chi connectivity index (χ2v) is 3.81. The van der Waals surface area contributed by atoms with E-state index in [2.05, 4.69) is 19.9 Å². The lowest BCUT2D eigenvalue weighted by atomic mass is 9.82. The van der Waals surface area contributed by atoms with E-state index >= 15 is 0 Å². The van der Waals surface area contributed by atoms with Crippen LogP contribution in [0.15, 0.2) is 12.2 Å². The van der Waals surface area contributed by atoms with Gasteiger partial charge in [0.25, 0.3) is 0 Å². The Hall–Kier alpha value is -0.790. The molecule has 0 aromatic rings. The minimum atomic E-state index is -0.687. The number of carboxylic acids is 1. The maximum absolute atomic E-state index is 10.6. The molecular weight excluding hydrogens is 152 g/mol. The minimum Gasteiger partial charge on any atom is -0.481 e. The van der Waals surface area contributed by atoms with Gasteiger partial charge in [0, 0.05) is 0 Å². The summed E-state index contributed by atoms with van der Waals surface area (Å²) < 4.78 is 0.